The van der Waals surface area contributed by atoms with Crippen LogP contribution in [0.25, 0.3) is 6.08 Å². The molecular weight excluding hydrogens is 456 g/mol. The van der Waals surface area contributed by atoms with Gasteiger partial charge in [0.25, 0.3) is 5.91 Å². The number of hydrogen-bond acceptors (Lipinski definition) is 6. The van der Waals surface area contributed by atoms with E-state index in [0.717, 1.165) is 22.9 Å². The lowest BCUT2D eigenvalue weighted by molar-refractivity contribution is -0.117. The van der Waals surface area contributed by atoms with E-state index >= 15 is 0 Å². The van der Waals surface area contributed by atoms with Crippen LogP contribution in [0, 0.1) is 0 Å². The molecular formula is C25H24N2O6S. The predicted octanol–water partition coefficient (Wildman–Crippen LogP) is 4.20. The van der Waals surface area contributed by atoms with Gasteiger partial charge in [0.15, 0.2) is 16.7 Å². The average Bonchev–Trinajstić information content (AvgIpc) is 3.11. The first-order chi connectivity index (χ1) is 16.3. The van der Waals surface area contributed by atoms with Gasteiger partial charge < -0.3 is 19.9 Å². The second-order valence-electron chi connectivity index (χ2n) is 7.24. The van der Waals surface area contributed by atoms with Crippen LogP contribution in [0.15, 0.2) is 59.0 Å². The Bertz CT molecular complexity index is 1180. The third-order valence-corrected chi connectivity index (χ3v) is 5.50. The topological polar surface area (TPSA) is 114 Å². The van der Waals surface area contributed by atoms with E-state index in [0.29, 0.717) is 35.0 Å². The third kappa shape index (κ3) is 6.35. The van der Waals surface area contributed by atoms with Crippen molar-refractivity contribution in [3.63, 3.8) is 0 Å². The molecule has 0 saturated carbocycles. The molecule has 0 unspecified atom stereocenters. The number of carbonyl (C=O) groups is 3. The fourth-order valence-corrected chi connectivity index (χ4v) is 4.02. The minimum absolute atomic E-state index is 0.202. The standard InChI is InChI=1S/C25H24N2O6S/c1-4-6-19-11-17(13-21-23(29)27-25(34-21)26-15(3)28)12-20(32-5-2)22(19)33-14-16-7-9-18(10-8-16)24(30)31/h4,7-13H,1,5-6,14H2,2-3H3,(H,30,31)(H,26,27,28,29)/b21-13+. The molecule has 1 heterocycles. The number of benzene rings is 2. The van der Waals surface area contributed by atoms with Crippen molar-refractivity contribution in [1.82, 2.24) is 5.32 Å². The van der Waals surface area contributed by atoms with Crippen LogP contribution in [0.1, 0.15) is 40.9 Å². The number of carbonyl (C=O) groups excluding carboxylic acids is 2. The Balaban J connectivity index is 1.88. The number of aromatic carboxylic acids is 1. The molecule has 0 aliphatic carbocycles. The van der Waals surface area contributed by atoms with Gasteiger partial charge >= 0.3 is 5.97 Å². The molecule has 0 fully saturated rings. The first kappa shape index (κ1) is 24.8. The summed E-state index contributed by atoms with van der Waals surface area (Å²) >= 11 is 1.09. The van der Waals surface area contributed by atoms with Crippen LogP contribution in [-0.2, 0) is 22.6 Å². The number of carboxylic acids is 1. The molecule has 0 atom stereocenters. The Morgan fingerprint density at radius 3 is 2.56 bits per heavy atom. The van der Waals surface area contributed by atoms with Crippen molar-refractivity contribution in [3.8, 4) is 11.5 Å². The van der Waals surface area contributed by atoms with E-state index in [9.17, 15) is 14.4 Å². The normalized spacial score (nSPS) is 14.0. The zero-order valence-corrected chi connectivity index (χ0v) is 19.6. The maximum Gasteiger partial charge on any atom is 0.335 e. The third-order valence-electron chi connectivity index (χ3n) is 4.60. The Morgan fingerprint density at radius 2 is 1.94 bits per heavy atom. The maximum atomic E-state index is 12.2. The molecule has 3 rings (SSSR count). The highest BCUT2D eigenvalue weighted by molar-refractivity contribution is 8.18. The maximum absolute atomic E-state index is 12.2. The number of aliphatic imine (C=N–C) groups is 1. The molecule has 1 aliphatic heterocycles. The summed E-state index contributed by atoms with van der Waals surface area (Å²) in [5, 5.41) is 11.8. The summed E-state index contributed by atoms with van der Waals surface area (Å²) in [6.07, 6.45) is 3.93. The number of nitrogens with zero attached hydrogens (tertiary/aromatic N) is 1. The second kappa shape index (κ2) is 11.3. The van der Waals surface area contributed by atoms with Crippen LogP contribution in [0.3, 0.4) is 0 Å². The number of ether oxygens (including phenoxy) is 2. The first-order valence-electron chi connectivity index (χ1n) is 10.5. The smallest absolute Gasteiger partial charge is 0.335 e. The molecule has 2 aromatic carbocycles. The minimum atomic E-state index is -0.988. The quantitative estimate of drug-likeness (QED) is 0.408. The molecule has 9 heteroatoms. The lowest BCUT2D eigenvalue weighted by atomic mass is 10.0. The van der Waals surface area contributed by atoms with Crippen LogP contribution in [0.2, 0.25) is 0 Å². The van der Waals surface area contributed by atoms with Gasteiger partial charge in [0.2, 0.25) is 5.91 Å². The molecule has 0 aromatic heterocycles. The zero-order chi connectivity index (χ0) is 24.7. The molecule has 0 saturated heterocycles. The van der Waals surface area contributed by atoms with Crippen molar-refractivity contribution >= 4 is 40.8 Å². The van der Waals surface area contributed by atoms with E-state index in [2.05, 4.69) is 16.9 Å². The van der Waals surface area contributed by atoms with Gasteiger partial charge in [-0.15, -0.1) is 6.58 Å². The molecule has 2 aromatic rings. The molecule has 0 bridgehead atoms. The second-order valence-corrected chi connectivity index (χ2v) is 8.27. The predicted molar refractivity (Wildman–Crippen MR) is 131 cm³/mol. The summed E-state index contributed by atoms with van der Waals surface area (Å²) in [4.78, 5) is 38.8. The molecule has 2 amide bonds. The largest absolute Gasteiger partial charge is 0.490 e. The minimum Gasteiger partial charge on any atom is -0.490 e. The Hall–Kier alpha value is -3.85. The lowest BCUT2D eigenvalue weighted by Crippen LogP contribution is -2.23. The van der Waals surface area contributed by atoms with E-state index < -0.39 is 11.9 Å². The van der Waals surface area contributed by atoms with E-state index in [1.807, 2.05) is 13.0 Å². The lowest BCUT2D eigenvalue weighted by Gasteiger charge is -2.17. The number of allylic oxidation sites excluding steroid dienone is 1. The monoisotopic (exact) mass is 480 g/mol. The van der Waals surface area contributed by atoms with Gasteiger partial charge in [-0.05, 0) is 66.6 Å². The molecule has 34 heavy (non-hydrogen) atoms. The Morgan fingerprint density at radius 1 is 1.21 bits per heavy atom. The highest BCUT2D eigenvalue weighted by Gasteiger charge is 2.23. The summed E-state index contributed by atoms with van der Waals surface area (Å²) in [6.45, 7) is 7.64. The van der Waals surface area contributed by atoms with Crippen LogP contribution >= 0.6 is 11.8 Å². The van der Waals surface area contributed by atoms with E-state index in [-0.39, 0.29) is 23.2 Å². The number of carboxylic acid groups (broad SMARTS) is 1. The van der Waals surface area contributed by atoms with Crippen molar-refractivity contribution in [3.05, 3.63) is 76.2 Å². The van der Waals surface area contributed by atoms with E-state index in [1.54, 1.807) is 30.4 Å². The zero-order valence-electron chi connectivity index (χ0n) is 18.8. The molecule has 1 aliphatic rings. The fourth-order valence-electron chi connectivity index (χ4n) is 3.16. The van der Waals surface area contributed by atoms with Gasteiger partial charge in [-0.3, -0.25) is 9.59 Å². The van der Waals surface area contributed by atoms with Crippen LogP contribution in [0.4, 0.5) is 0 Å². The van der Waals surface area contributed by atoms with Crippen molar-refractivity contribution in [2.24, 2.45) is 4.99 Å². The Kier molecular flexibility index (Phi) is 8.26. The summed E-state index contributed by atoms with van der Waals surface area (Å²) in [7, 11) is 0. The van der Waals surface area contributed by atoms with Crippen molar-refractivity contribution in [2.45, 2.75) is 26.9 Å². The number of amides is 2. The van der Waals surface area contributed by atoms with Crippen LogP contribution in [-0.4, -0.2) is 34.7 Å². The molecule has 0 spiro atoms. The van der Waals surface area contributed by atoms with E-state index in [1.165, 1.54) is 19.1 Å². The van der Waals surface area contributed by atoms with Gasteiger partial charge in [0, 0.05) is 12.5 Å². The molecule has 2 N–H and O–H groups in total. The van der Waals surface area contributed by atoms with Gasteiger partial charge in [-0.25, -0.2) is 4.79 Å². The SMILES string of the molecule is C=CCc1cc(/C=C2/SC(NC(C)=O)=NC2=O)cc(OCC)c1OCc1ccc(C(=O)O)cc1. The Labute approximate surface area is 201 Å². The van der Waals surface area contributed by atoms with Crippen molar-refractivity contribution in [2.75, 3.05) is 6.61 Å². The summed E-state index contributed by atoms with van der Waals surface area (Å²) in [5.74, 6) is -0.660. The van der Waals surface area contributed by atoms with Crippen molar-refractivity contribution < 1.29 is 29.0 Å². The number of amidine groups is 1. The van der Waals surface area contributed by atoms with Crippen LogP contribution in [0.5, 0.6) is 11.5 Å². The van der Waals surface area contributed by atoms with Gasteiger partial charge in [0.05, 0.1) is 17.1 Å². The number of thioether (sulfide) groups is 1. The summed E-state index contributed by atoms with van der Waals surface area (Å²) < 4.78 is 11.9. The summed E-state index contributed by atoms with van der Waals surface area (Å²) in [6, 6.07) is 10.1. The number of nitrogens with one attached hydrogen (secondary N) is 1. The van der Waals surface area contributed by atoms with Crippen molar-refractivity contribution in [1.29, 1.82) is 0 Å². The van der Waals surface area contributed by atoms with Crippen LogP contribution < -0.4 is 14.8 Å². The highest BCUT2D eigenvalue weighted by Crippen LogP contribution is 2.36. The number of hydrogen-bond donors (Lipinski definition) is 2. The highest BCUT2D eigenvalue weighted by atomic mass is 32.2. The van der Waals surface area contributed by atoms with Gasteiger partial charge in [0.1, 0.15) is 6.61 Å². The molecule has 176 valence electrons. The number of rotatable bonds is 9. The fraction of sp³-hybridized carbons (Fsp3) is 0.200. The van der Waals surface area contributed by atoms with Gasteiger partial charge in [-0.2, -0.15) is 4.99 Å². The molecule has 0 radical (unpaired) electrons. The molecule has 8 nitrogen and oxygen atoms in total. The first-order valence-corrected chi connectivity index (χ1v) is 11.3. The summed E-state index contributed by atoms with van der Waals surface area (Å²) in [5.41, 5.74) is 2.54. The van der Waals surface area contributed by atoms with Gasteiger partial charge in [-0.1, -0.05) is 18.2 Å². The average molecular weight is 481 g/mol. The van der Waals surface area contributed by atoms with E-state index in [4.69, 9.17) is 14.6 Å².